The van der Waals surface area contributed by atoms with Crippen molar-refractivity contribution in [3.8, 4) is 11.5 Å². The molecule has 0 spiro atoms. The molecule has 6 nitrogen and oxygen atoms in total. The lowest BCUT2D eigenvalue weighted by Crippen LogP contribution is -2.30. The molecule has 0 atom stereocenters. The minimum absolute atomic E-state index is 0.184. The van der Waals surface area contributed by atoms with Crippen molar-refractivity contribution in [3.63, 3.8) is 0 Å². The van der Waals surface area contributed by atoms with Crippen molar-refractivity contribution in [2.24, 2.45) is 7.05 Å². The molecule has 3 aromatic rings. The Balaban J connectivity index is 1.75. The average Bonchev–Trinajstić information content (AvgIpc) is 2.97. The highest BCUT2D eigenvalue weighted by molar-refractivity contribution is 6.07. The van der Waals surface area contributed by atoms with Crippen molar-refractivity contribution in [2.45, 2.75) is 0 Å². The maximum atomic E-state index is 13.0. The molecular formula is C18H17N3O3. The first-order valence-corrected chi connectivity index (χ1v) is 7.75. The second-order valence-corrected chi connectivity index (χ2v) is 5.65. The van der Waals surface area contributed by atoms with Gasteiger partial charge < -0.3 is 14.0 Å². The van der Waals surface area contributed by atoms with Gasteiger partial charge in [-0.1, -0.05) is 18.2 Å². The van der Waals surface area contributed by atoms with Crippen molar-refractivity contribution < 1.29 is 14.3 Å². The Morgan fingerprint density at radius 1 is 1.12 bits per heavy atom. The number of aromatic nitrogens is 2. The Morgan fingerprint density at radius 3 is 2.75 bits per heavy atom. The first-order chi connectivity index (χ1) is 11.7. The van der Waals surface area contributed by atoms with Gasteiger partial charge in [-0.3, -0.25) is 9.69 Å². The summed E-state index contributed by atoms with van der Waals surface area (Å²) in [7, 11) is 3.61. The molecule has 0 aliphatic carbocycles. The molecular weight excluding hydrogens is 306 g/mol. The summed E-state index contributed by atoms with van der Waals surface area (Å²) in [5.41, 5.74) is 2.30. The van der Waals surface area contributed by atoms with Gasteiger partial charge in [0.25, 0.3) is 5.91 Å². The van der Waals surface area contributed by atoms with Crippen LogP contribution in [0.15, 0.2) is 42.5 Å². The number of hydrogen-bond acceptors (Lipinski definition) is 4. The zero-order valence-electron chi connectivity index (χ0n) is 13.5. The fourth-order valence-electron chi connectivity index (χ4n) is 2.95. The van der Waals surface area contributed by atoms with E-state index in [9.17, 15) is 4.79 Å². The van der Waals surface area contributed by atoms with Crippen molar-refractivity contribution >= 4 is 22.9 Å². The number of carbonyl (C=O) groups excluding carboxylic acids is 1. The zero-order valence-corrected chi connectivity index (χ0v) is 13.5. The van der Waals surface area contributed by atoms with Crippen LogP contribution in [0.1, 0.15) is 10.4 Å². The van der Waals surface area contributed by atoms with Gasteiger partial charge in [-0.15, -0.1) is 0 Å². The summed E-state index contributed by atoms with van der Waals surface area (Å²) in [6.45, 7) is 0.929. The number of aryl methyl sites for hydroxylation is 1. The summed E-state index contributed by atoms with van der Waals surface area (Å²) in [4.78, 5) is 19.1. The molecule has 0 saturated carbocycles. The number of hydrogen-bond donors (Lipinski definition) is 0. The average molecular weight is 323 g/mol. The third kappa shape index (κ3) is 2.19. The first-order valence-electron chi connectivity index (χ1n) is 7.75. The molecule has 0 bridgehead atoms. The summed E-state index contributed by atoms with van der Waals surface area (Å²) >= 11 is 0. The molecule has 0 radical (unpaired) electrons. The smallest absolute Gasteiger partial charge is 0.264 e. The predicted molar refractivity (Wildman–Crippen MR) is 90.9 cm³/mol. The van der Waals surface area contributed by atoms with Gasteiger partial charge in [0.15, 0.2) is 11.5 Å². The van der Waals surface area contributed by atoms with Crippen LogP contribution in [-0.2, 0) is 7.05 Å². The van der Waals surface area contributed by atoms with Crippen LogP contribution >= 0.6 is 0 Å². The number of ether oxygens (including phenoxy) is 2. The largest absolute Gasteiger partial charge is 0.486 e. The molecule has 2 heterocycles. The lowest BCUT2D eigenvalue weighted by Gasteiger charge is -2.23. The molecule has 0 fully saturated rings. The molecule has 24 heavy (non-hydrogen) atoms. The molecule has 0 saturated heterocycles. The second-order valence-electron chi connectivity index (χ2n) is 5.65. The number of amides is 1. The van der Waals surface area contributed by atoms with E-state index in [0.717, 1.165) is 11.0 Å². The third-order valence-corrected chi connectivity index (χ3v) is 4.16. The molecule has 0 N–H and O–H groups in total. The fourth-order valence-corrected chi connectivity index (χ4v) is 2.95. The van der Waals surface area contributed by atoms with Crippen LogP contribution in [0.3, 0.4) is 0 Å². The van der Waals surface area contributed by atoms with Gasteiger partial charge >= 0.3 is 0 Å². The van der Waals surface area contributed by atoms with Gasteiger partial charge in [0, 0.05) is 14.1 Å². The Kier molecular flexibility index (Phi) is 3.37. The number of imidazole rings is 1. The first kappa shape index (κ1) is 14.6. The van der Waals surface area contributed by atoms with Crippen molar-refractivity contribution in [2.75, 3.05) is 25.2 Å². The molecule has 122 valence electrons. The molecule has 2 aromatic carbocycles. The number of nitrogens with zero attached hydrogens (tertiary/aromatic N) is 3. The maximum Gasteiger partial charge on any atom is 0.264 e. The number of benzene rings is 2. The maximum absolute atomic E-state index is 13.0. The van der Waals surface area contributed by atoms with E-state index in [2.05, 4.69) is 4.98 Å². The van der Waals surface area contributed by atoms with E-state index in [-0.39, 0.29) is 5.91 Å². The van der Waals surface area contributed by atoms with Gasteiger partial charge in [0.1, 0.15) is 13.2 Å². The highest BCUT2D eigenvalue weighted by Gasteiger charge is 2.25. The van der Waals surface area contributed by atoms with Crippen LogP contribution in [0.5, 0.6) is 11.5 Å². The zero-order chi connectivity index (χ0) is 16.7. The van der Waals surface area contributed by atoms with Crippen LogP contribution in [-0.4, -0.2) is 35.7 Å². The van der Waals surface area contributed by atoms with Crippen molar-refractivity contribution in [1.29, 1.82) is 0 Å². The predicted octanol–water partition coefficient (Wildman–Crippen LogP) is 2.62. The van der Waals surface area contributed by atoms with E-state index >= 15 is 0 Å². The van der Waals surface area contributed by atoms with Gasteiger partial charge in [-0.05, 0) is 24.3 Å². The number of fused-ring (bicyclic) bond motifs is 2. The molecule has 1 aliphatic heterocycles. The Bertz CT molecular complexity index is 932. The lowest BCUT2D eigenvalue weighted by molar-refractivity contribution is 0.0980. The fraction of sp³-hybridized carbons (Fsp3) is 0.222. The summed E-state index contributed by atoms with van der Waals surface area (Å²) in [6, 6.07) is 13.1. The second kappa shape index (κ2) is 5.56. The summed E-state index contributed by atoms with van der Waals surface area (Å²) in [5, 5.41) is 0. The normalized spacial score (nSPS) is 13.1. The minimum atomic E-state index is -0.184. The van der Waals surface area contributed by atoms with Gasteiger partial charge in [0.2, 0.25) is 5.95 Å². The Labute approximate surface area is 139 Å². The molecule has 4 rings (SSSR count). The van der Waals surface area contributed by atoms with Crippen molar-refractivity contribution in [3.05, 3.63) is 48.0 Å². The summed E-state index contributed by atoms with van der Waals surface area (Å²) < 4.78 is 13.1. The quantitative estimate of drug-likeness (QED) is 0.727. The van der Waals surface area contributed by atoms with Gasteiger partial charge in [0.05, 0.1) is 16.6 Å². The monoisotopic (exact) mass is 323 g/mol. The number of para-hydroxylation sites is 3. The minimum Gasteiger partial charge on any atom is -0.486 e. The van der Waals surface area contributed by atoms with Crippen LogP contribution in [0.4, 0.5) is 5.95 Å². The van der Waals surface area contributed by atoms with Crippen LogP contribution < -0.4 is 14.4 Å². The topological polar surface area (TPSA) is 56.6 Å². The Morgan fingerprint density at radius 2 is 1.92 bits per heavy atom. The van der Waals surface area contributed by atoms with Gasteiger partial charge in [-0.25, -0.2) is 4.98 Å². The standard InChI is InChI=1S/C18H17N3O3/c1-20-14-8-4-3-7-13(14)19-18(20)21(2)17(22)12-6-5-9-15-16(12)24-11-10-23-15/h3-9H,10-11H2,1-2H3. The van der Waals surface area contributed by atoms with E-state index in [4.69, 9.17) is 9.47 Å². The van der Waals surface area contributed by atoms with E-state index in [1.54, 1.807) is 25.2 Å². The SMILES string of the molecule is CN(C(=O)c1cccc2c1OCCO2)c1nc2ccccc2n1C. The molecule has 0 unspecified atom stereocenters. The van der Waals surface area contributed by atoms with E-state index in [1.807, 2.05) is 35.9 Å². The van der Waals surface area contributed by atoms with E-state index in [0.29, 0.717) is 36.2 Å². The molecule has 1 amide bonds. The lowest BCUT2D eigenvalue weighted by atomic mass is 10.1. The number of anilines is 1. The summed E-state index contributed by atoms with van der Waals surface area (Å²) in [6.07, 6.45) is 0. The van der Waals surface area contributed by atoms with Gasteiger partial charge in [-0.2, -0.15) is 0 Å². The van der Waals surface area contributed by atoms with Crippen molar-refractivity contribution in [1.82, 2.24) is 9.55 Å². The molecule has 6 heteroatoms. The highest BCUT2D eigenvalue weighted by atomic mass is 16.6. The third-order valence-electron chi connectivity index (χ3n) is 4.16. The highest BCUT2D eigenvalue weighted by Crippen LogP contribution is 2.34. The summed E-state index contributed by atoms with van der Waals surface area (Å²) in [5.74, 6) is 1.50. The van der Waals surface area contributed by atoms with Crippen LogP contribution in [0.2, 0.25) is 0 Å². The Hall–Kier alpha value is -3.02. The molecule has 1 aliphatic rings. The molecule has 1 aromatic heterocycles. The number of carbonyl (C=O) groups is 1. The van der Waals surface area contributed by atoms with E-state index in [1.165, 1.54) is 4.90 Å². The van der Waals surface area contributed by atoms with Crippen LogP contribution in [0.25, 0.3) is 11.0 Å². The van der Waals surface area contributed by atoms with Crippen LogP contribution in [0, 0.1) is 0 Å². The van der Waals surface area contributed by atoms with E-state index < -0.39 is 0 Å². The number of rotatable bonds is 2.